The lowest BCUT2D eigenvalue weighted by Crippen LogP contribution is -2.24. The second-order valence-corrected chi connectivity index (χ2v) is 8.16. The van der Waals surface area contributed by atoms with E-state index in [1.807, 2.05) is 37.3 Å². The van der Waals surface area contributed by atoms with E-state index >= 15 is 0 Å². The minimum Gasteiger partial charge on any atom is -0.508 e. The molecule has 178 valence electrons. The van der Waals surface area contributed by atoms with E-state index in [-0.39, 0.29) is 39.9 Å². The van der Waals surface area contributed by atoms with Gasteiger partial charge in [0, 0.05) is 23.8 Å². The Bertz CT molecular complexity index is 1150. The normalized spacial score (nSPS) is 11.5. The summed E-state index contributed by atoms with van der Waals surface area (Å²) < 4.78 is 10.5. The average Bonchev–Trinajstić information content (AvgIpc) is 2.82. The molecule has 0 heterocycles. The second kappa shape index (κ2) is 11.7. The number of benzene rings is 3. The van der Waals surface area contributed by atoms with Crippen molar-refractivity contribution in [2.75, 3.05) is 11.9 Å². The number of nitrogens with one attached hydrogen (secondary N) is 2. The van der Waals surface area contributed by atoms with Gasteiger partial charge in [-0.3, -0.25) is 4.79 Å². The Morgan fingerprint density at radius 1 is 1.03 bits per heavy atom. The first-order valence-electron chi connectivity index (χ1n) is 10.5. The lowest BCUT2D eigenvalue weighted by molar-refractivity contribution is -0.152. The summed E-state index contributed by atoms with van der Waals surface area (Å²) in [6, 6.07) is 17.6. The lowest BCUT2D eigenvalue weighted by Gasteiger charge is -2.16. The summed E-state index contributed by atoms with van der Waals surface area (Å²) in [6.07, 6.45) is 0. The Hall–Kier alpha value is -3.26. The number of anilines is 1. The molecule has 3 aromatic carbocycles. The Balaban J connectivity index is 1.71. The lowest BCUT2D eigenvalue weighted by atomic mass is 10.1. The minimum absolute atomic E-state index is 0.0754. The van der Waals surface area contributed by atoms with Crippen molar-refractivity contribution in [3.8, 4) is 17.2 Å². The third-order valence-corrected chi connectivity index (χ3v) is 5.45. The molecule has 1 atom stereocenters. The van der Waals surface area contributed by atoms with E-state index in [1.54, 1.807) is 19.1 Å². The van der Waals surface area contributed by atoms with E-state index in [1.165, 1.54) is 18.2 Å². The van der Waals surface area contributed by atoms with E-state index in [0.717, 1.165) is 5.56 Å². The molecule has 3 rings (SSSR count). The number of amides is 1. The molecule has 0 bridgehead atoms. The van der Waals surface area contributed by atoms with Gasteiger partial charge in [0.1, 0.15) is 11.5 Å². The van der Waals surface area contributed by atoms with Crippen LogP contribution in [0.15, 0.2) is 60.7 Å². The van der Waals surface area contributed by atoms with Crippen LogP contribution in [0.25, 0.3) is 0 Å². The highest BCUT2D eigenvalue weighted by atomic mass is 35.5. The number of hydrogen-bond donors (Lipinski definition) is 3. The third kappa shape index (κ3) is 6.63. The third-order valence-electron chi connectivity index (χ3n) is 4.89. The molecule has 0 radical (unpaired) electrons. The molecule has 34 heavy (non-hydrogen) atoms. The molecule has 1 amide bonds. The van der Waals surface area contributed by atoms with Crippen LogP contribution < -0.4 is 15.4 Å². The fourth-order valence-corrected chi connectivity index (χ4v) is 3.68. The number of ether oxygens (including phenoxy) is 2. The van der Waals surface area contributed by atoms with Crippen molar-refractivity contribution in [3.63, 3.8) is 0 Å². The Morgan fingerprint density at radius 2 is 1.71 bits per heavy atom. The van der Waals surface area contributed by atoms with Crippen LogP contribution in [-0.4, -0.2) is 23.6 Å². The maximum absolute atomic E-state index is 11.8. The van der Waals surface area contributed by atoms with Crippen LogP contribution >= 0.6 is 23.2 Å². The first-order chi connectivity index (χ1) is 16.3. The predicted molar refractivity (Wildman–Crippen MR) is 132 cm³/mol. The van der Waals surface area contributed by atoms with E-state index in [2.05, 4.69) is 15.4 Å². The predicted octanol–water partition coefficient (Wildman–Crippen LogP) is 5.84. The zero-order chi connectivity index (χ0) is 24.7. The van der Waals surface area contributed by atoms with Crippen LogP contribution in [0.5, 0.6) is 17.2 Å². The van der Waals surface area contributed by atoms with Crippen LogP contribution in [0.3, 0.4) is 0 Å². The van der Waals surface area contributed by atoms with Gasteiger partial charge in [-0.15, -0.1) is 0 Å². The van der Waals surface area contributed by atoms with Crippen molar-refractivity contribution < 1.29 is 24.2 Å². The van der Waals surface area contributed by atoms with Crippen molar-refractivity contribution in [2.45, 2.75) is 26.4 Å². The van der Waals surface area contributed by atoms with Gasteiger partial charge in [0.15, 0.2) is 5.75 Å². The van der Waals surface area contributed by atoms with Crippen molar-refractivity contribution in [1.82, 2.24) is 5.32 Å². The number of hydrogen-bond acceptors (Lipinski definition) is 6. The smallest absolute Gasteiger partial charge is 0.397 e. The van der Waals surface area contributed by atoms with Crippen molar-refractivity contribution in [2.24, 2.45) is 0 Å². The van der Waals surface area contributed by atoms with E-state index in [9.17, 15) is 14.7 Å². The quantitative estimate of drug-likeness (QED) is 0.264. The van der Waals surface area contributed by atoms with Gasteiger partial charge in [-0.1, -0.05) is 53.5 Å². The fraction of sp³-hybridized carbons (Fsp3) is 0.200. The molecule has 0 unspecified atom stereocenters. The van der Waals surface area contributed by atoms with Crippen molar-refractivity contribution in [1.29, 1.82) is 0 Å². The summed E-state index contributed by atoms with van der Waals surface area (Å²) in [7, 11) is 0. The summed E-state index contributed by atoms with van der Waals surface area (Å²) in [4.78, 5) is 23.3. The Labute approximate surface area is 207 Å². The Kier molecular flexibility index (Phi) is 8.76. The summed E-state index contributed by atoms with van der Waals surface area (Å²) in [5.41, 5.74) is 1.97. The standard InChI is InChI=1S/C25H24Cl2N2O5/c1-3-33-25(32)24(31)29-18-12-20(26)23(21(27)13-18)34-19-9-10-22(30)17(11-19)14-28-15(2)16-7-5-4-6-8-16/h4-13,15,28,30H,3,14H2,1-2H3,(H,29,31)/t15-/m0/s1. The monoisotopic (exact) mass is 502 g/mol. The van der Waals surface area contributed by atoms with Gasteiger partial charge in [0.2, 0.25) is 0 Å². The molecule has 0 saturated carbocycles. The van der Waals surface area contributed by atoms with Gasteiger partial charge in [0.05, 0.1) is 16.7 Å². The first-order valence-corrected chi connectivity index (χ1v) is 11.3. The highest BCUT2D eigenvalue weighted by molar-refractivity contribution is 6.39. The largest absolute Gasteiger partial charge is 0.508 e. The zero-order valence-electron chi connectivity index (χ0n) is 18.6. The molecule has 0 aliphatic carbocycles. The zero-order valence-corrected chi connectivity index (χ0v) is 20.1. The summed E-state index contributed by atoms with van der Waals surface area (Å²) in [5.74, 6) is -1.26. The van der Waals surface area contributed by atoms with Gasteiger partial charge >= 0.3 is 11.9 Å². The van der Waals surface area contributed by atoms with Crippen LogP contribution in [0, 0.1) is 0 Å². The number of phenols is 1. The van der Waals surface area contributed by atoms with Gasteiger partial charge in [-0.2, -0.15) is 0 Å². The molecule has 0 spiro atoms. The van der Waals surface area contributed by atoms with Gasteiger partial charge < -0.3 is 25.2 Å². The highest BCUT2D eigenvalue weighted by Gasteiger charge is 2.18. The SMILES string of the molecule is CCOC(=O)C(=O)Nc1cc(Cl)c(Oc2ccc(O)c(CN[C@@H](C)c3ccccc3)c2)c(Cl)c1. The maximum Gasteiger partial charge on any atom is 0.397 e. The average molecular weight is 503 g/mol. The van der Waals surface area contributed by atoms with Gasteiger partial charge in [-0.25, -0.2) is 4.79 Å². The van der Waals surface area contributed by atoms with Crippen LogP contribution in [0.2, 0.25) is 10.0 Å². The topological polar surface area (TPSA) is 96.9 Å². The molecule has 3 N–H and O–H groups in total. The summed E-state index contributed by atoms with van der Waals surface area (Å²) in [6.45, 7) is 4.11. The maximum atomic E-state index is 11.8. The number of carbonyl (C=O) groups excluding carboxylic acids is 2. The second-order valence-electron chi connectivity index (χ2n) is 7.35. The van der Waals surface area contributed by atoms with E-state index in [4.69, 9.17) is 27.9 Å². The Morgan fingerprint density at radius 3 is 2.35 bits per heavy atom. The molecule has 0 aromatic heterocycles. The van der Waals surface area contributed by atoms with Gasteiger partial charge in [0.25, 0.3) is 0 Å². The number of rotatable bonds is 8. The molecule has 0 aliphatic heterocycles. The minimum atomic E-state index is -1.01. The molecular weight excluding hydrogens is 479 g/mol. The first kappa shape index (κ1) is 25.4. The number of phenolic OH excluding ortho intramolecular Hbond substituents is 1. The van der Waals surface area contributed by atoms with Crippen LogP contribution in [0.4, 0.5) is 5.69 Å². The number of carbonyl (C=O) groups is 2. The summed E-state index contributed by atoms with van der Waals surface area (Å²) >= 11 is 12.6. The number of esters is 1. The number of aromatic hydroxyl groups is 1. The van der Waals surface area contributed by atoms with Gasteiger partial charge in [-0.05, 0) is 49.7 Å². The number of halogens is 2. The molecule has 7 nitrogen and oxygen atoms in total. The van der Waals surface area contributed by atoms with Crippen molar-refractivity contribution >= 4 is 40.8 Å². The summed E-state index contributed by atoms with van der Waals surface area (Å²) in [5, 5.41) is 16.3. The van der Waals surface area contributed by atoms with E-state index < -0.39 is 11.9 Å². The molecule has 0 saturated heterocycles. The molecule has 3 aromatic rings. The molecular formula is C25H24Cl2N2O5. The molecule has 0 aliphatic rings. The molecule has 9 heteroatoms. The fourth-order valence-electron chi connectivity index (χ4n) is 3.12. The highest BCUT2D eigenvalue weighted by Crippen LogP contribution is 2.39. The van der Waals surface area contributed by atoms with Crippen LogP contribution in [0.1, 0.15) is 31.0 Å². The molecule has 0 fully saturated rings. The van der Waals surface area contributed by atoms with Crippen LogP contribution in [-0.2, 0) is 20.9 Å². The van der Waals surface area contributed by atoms with Crippen molar-refractivity contribution in [3.05, 3.63) is 81.8 Å². The van der Waals surface area contributed by atoms with E-state index in [0.29, 0.717) is 17.9 Å².